The van der Waals surface area contributed by atoms with E-state index in [1.807, 2.05) is 0 Å². The van der Waals surface area contributed by atoms with E-state index in [0.717, 1.165) is 0 Å². The quantitative estimate of drug-likeness (QED) is 0.194. The number of rotatable bonds is 11. The highest BCUT2D eigenvalue weighted by Crippen LogP contribution is 2.31. The highest BCUT2D eigenvalue weighted by Gasteiger charge is 2.17. The third kappa shape index (κ3) is 22.5. The maximum Gasteiger partial charge on any atom is 0.269 e. The van der Waals surface area contributed by atoms with Crippen LogP contribution in [0.15, 0.2) is 46.6 Å². The zero-order valence-corrected chi connectivity index (χ0v) is 34.3. The lowest BCUT2D eigenvalue weighted by Crippen LogP contribution is -2.28. The van der Waals surface area contributed by atoms with Crippen LogP contribution in [0.5, 0.6) is 5.75 Å². The number of hydrogen-bond acceptors (Lipinski definition) is 19. The first-order valence-corrected chi connectivity index (χ1v) is 20.3. The van der Waals surface area contributed by atoms with E-state index >= 15 is 0 Å². The molecule has 2 aromatic rings. The molecule has 2 saturated heterocycles. The Hall–Kier alpha value is -3.32. The third-order valence-electron chi connectivity index (χ3n) is 8.46. The fourth-order valence-corrected chi connectivity index (χ4v) is 5.40. The van der Waals surface area contributed by atoms with Gasteiger partial charge >= 0.3 is 0 Å². The molecule has 20 nitrogen and oxygen atoms in total. The van der Waals surface area contributed by atoms with E-state index in [-0.39, 0.29) is 51.1 Å². The number of phenols is 1. The summed E-state index contributed by atoms with van der Waals surface area (Å²) in [6, 6.07) is 8.98. The number of nitro groups is 1. The molecule has 0 aliphatic carbocycles. The minimum atomic E-state index is -0.488. The van der Waals surface area contributed by atoms with Gasteiger partial charge in [0.15, 0.2) is 0 Å². The second-order valence-electron chi connectivity index (χ2n) is 13.2. The average Bonchev–Trinajstić information content (AvgIpc) is 3.25. The lowest BCUT2D eigenvalue weighted by molar-refractivity contribution is -0.384. The molecule has 1 N–H and O–H groups in total. The number of aromatic hydroxyl groups is 1. The number of nitro benzene ring substituents is 1. The molecule has 0 radical (unpaired) electrons. The van der Waals surface area contributed by atoms with Crippen LogP contribution in [0.25, 0.3) is 0 Å². The monoisotopic (exact) mass is 855 g/mol. The van der Waals surface area contributed by atoms with Gasteiger partial charge in [-0.3, -0.25) is 10.1 Å². The highest BCUT2D eigenvalue weighted by molar-refractivity contribution is 5.52. The summed E-state index contributed by atoms with van der Waals surface area (Å²) in [6.45, 7) is 9.08. The standard InChI is InChI=1S/C40H61N3O17/c44-40-33(27-57-31-38-29-55-19-17-51-11-9-47-5-7-49-13-15-53-21-23-59-38)25-36(42-41-35-1-3-37(4-2-35)43(45)46)26-34(40)28-58-32-39-30-56-20-18-52-12-10-48-6-8-50-14-16-54-22-24-60-39/h1-4,25-26,38-39,44H,5-24,27-32H2/b42-41+. The molecule has 2 aliphatic rings. The van der Waals surface area contributed by atoms with Crippen molar-refractivity contribution in [2.24, 2.45) is 10.2 Å². The van der Waals surface area contributed by atoms with E-state index in [4.69, 9.17) is 66.3 Å². The maximum absolute atomic E-state index is 11.4. The van der Waals surface area contributed by atoms with Gasteiger partial charge in [-0.05, 0) is 24.3 Å². The molecule has 2 unspecified atom stereocenters. The van der Waals surface area contributed by atoms with Gasteiger partial charge in [0.25, 0.3) is 5.69 Å². The van der Waals surface area contributed by atoms with E-state index < -0.39 is 17.1 Å². The number of ether oxygens (including phenoxy) is 14. The predicted octanol–water partition coefficient (Wildman–Crippen LogP) is 3.71. The molecule has 0 bridgehead atoms. The summed E-state index contributed by atoms with van der Waals surface area (Å²) in [6.07, 6.45) is -0.877. The van der Waals surface area contributed by atoms with E-state index in [1.165, 1.54) is 24.3 Å². The van der Waals surface area contributed by atoms with Crippen LogP contribution in [0.1, 0.15) is 11.1 Å². The first-order chi connectivity index (χ1) is 29.6. The Kier molecular flexibility index (Phi) is 26.6. The van der Waals surface area contributed by atoms with Gasteiger partial charge in [0, 0.05) is 23.3 Å². The van der Waals surface area contributed by atoms with Crippen LogP contribution in [0, 0.1) is 10.1 Å². The molecule has 0 spiro atoms. The van der Waals surface area contributed by atoms with Crippen LogP contribution in [0.2, 0.25) is 0 Å². The zero-order valence-electron chi connectivity index (χ0n) is 34.3. The number of nitrogens with zero attached hydrogens (tertiary/aromatic N) is 3. The fourth-order valence-electron chi connectivity index (χ4n) is 5.40. The Morgan fingerprint density at radius 3 is 1.22 bits per heavy atom. The minimum Gasteiger partial charge on any atom is -0.507 e. The highest BCUT2D eigenvalue weighted by atomic mass is 16.6. The number of benzene rings is 2. The average molecular weight is 856 g/mol. The molecule has 0 aromatic heterocycles. The van der Waals surface area contributed by atoms with Crippen LogP contribution in [-0.2, 0) is 79.5 Å². The smallest absolute Gasteiger partial charge is 0.269 e. The number of non-ortho nitro benzene ring substituents is 1. The van der Waals surface area contributed by atoms with Crippen molar-refractivity contribution in [3.05, 3.63) is 57.6 Å². The van der Waals surface area contributed by atoms with Crippen LogP contribution in [0.3, 0.4) is 0 Å². The molecule has 2 aliphatic heterocycles. The molecule has 2 atom stereocenters. The topological polar surface area (TPSA) is 217 Å². The molecule has 0 saturated carbocycles. The largest absolute Gasteiger partial charge is 0.507 e. The number of phenolic OH excluding ortho intramolecular Hbond substituents is 1. The molecule has 2 heterocycles. The molecule has 2 fully saturated rings. The van der Waals surface area contributed by atoms with Gasteiger partial charge in [0.1, 0.15) is 18.0 Å². The van der Waals surface area contributed by atoms with Crippen molar-refractivity contribution in [1.29, 1.82) is 0 Å². The Morgan fingerprint density at radius 2 is 0.850 bits per heavy atom. The van der Waals surface area contributed by atoms with Crippen molar-refractivity contribution in [3.8, 4) is 5.75 Å². The molecule has 4 rings (SSSR count). The van der Waals surface area contributed by atoms with E-state index in [2.05, 4.69) is 10.2 Å². The van der Waals surface area contributed by atoms with Crippen molar-refractivity contribution in [2.75, 3.05) is 159 Å². The third-order valence-corrected chi connectivity index (χ3v) is 8.46. The van der Waals surface area contributed by atoms with Crippen LogP contribution in [0.4, 0.5) is 17.1 Å². The Morgan fingerprint density at radius 1 is 0.517 bits per heavy atom. The predicted molar refractivity (Wildman–Crippen MR) is 212 cm³/mol. The van der Waals surface area contributed by atoms with Crippen molar-refractivity contribution in [1.82, 2.24) is 0 Å². The first kappa shape index (κ1) is 49.3. The van der Waals surface area contributed by atoms with Crippen molar-refractivity contribution in [2.45, 2.75) is 25.4 Å². The van der Waals surface area contributed by atoms with Gasteiger partial charge in [0.2, 0.25) is 0 Å². The van der Waals surface area contributed by atoms with Crippen LogP contribution in [-0.4, -0.2) is 181 Å². The molecule has 0 amide bonds. The molecular weight excluding hydrogens is 794 g/mol. The summed E-state index contributed by atoms with van der Waals surface area (Å²) < 4.78 is 80.2. The van der Waals surface area contributed by atoms with Crippen LogP contribution >= 0.6 is 0 Å². The summed E-state index contributed by atoms with van der Waals surface area (Å²) >= 11 is 0. The van der Waals surface area contributed by atoms with Crippen molar-refractivity contribution >= 4 is 17.1 Å². The summed E-state index contributed by atoms with van der Waals surface area (Å²) in [5, 5.41) is 31.2. The van der Waals surface area contributed by atoms with Crippen molar-refractivity contribution < 1.29 is 76.3 Å². The normalized spacial score (nSPS) is 21.9. The lowest BCUT2D eigenvalue weighted by Gasteiger charge is -2.20. The molecule has 20 heteroatoms. The Labute approximate surface area is 350 Å². The van der Waals surface area contributed by atoms with E-state index in [1.54, 1.807) is 12.1 Å². The summed E-state index contributed by atoms with van der Waals surface area (Å²) in [5.41, 5.74) is 1.59. The summed E-state index contributed by atoms with van der Waals surface area (Å²) in [5.74, 6) is -0.0402. The van der Waals surface area contributed by atoms with Crippen molar-refractivity contribution in [3.63, 3.8) is 0 Å². The maximum atomic E-state index is 11.4. The van der Waals surface area contributed by atoms with Gasteiger partial charge in [-0.2, -0.15) is 10.2 Å². The Bertz CT molecular complexity index is 1340. The van der Waals surface area contributed by atoms with Gasteiger partial charge in [-0.25, -0.2) is 0 Å². The van der Waals surface area contributed by atoms with Gasteiger partial charge in [-0.1, -0.05) is 0 Å². The van der Waals surface area contributed by atoms with E-state index in [0.29, 0.717) is 155 Å². The molecule has 338 valence electrons. The van der Waals surface area contributed by atoms with Crippen LogP contribution < -0.4 is 0 Å². The van der Waals surface area contributed by atoms with Gasteiger partial charge in [-0.15, -0.1) is 0 Å². The Balaban J connectivity index is 1.38. The second kappa shape index (κ2) is 32.4. The van der Waals surface area contributed by atoms with Gasteiger partial charge in [0.05, 0.1) is 188 Å². The summed E-state index contributed by atoms with van der Waals surface area (Å²) in [7, 11) is 0. The summed E-state index contributed by atoms with van der Waals surface area (Å²) in [4.78, 5) is 10.6. The number of hydrogen-bond donors (Lipinski definition) is 1. The lowest BCUT2D eigenvalue weighted by atomic mass is 10.1. The second-order valence-corrected chi connectivity index (χ2v) is 13.2. The fraction of sp³-hybridized carbons (Fsp3) is 0.700. The zero-order chi connectivity index (χ0) is 42.1. The molecule has 60 heavy (non-hydrogen) atoms. The SMILES string of the molecule is O=[N+]([O-])c1ccc(/N=N/c2cc(COCC3COCCOCCOCCOCCOCCO3)c(O)c(COCC3COCCOCCOCCOCCOCCO3)c2)cc1. The molecular formula is C40H61N3O17. The minimum absolute atomic E-state index is 0.00462. The van der Waals surface area contributed by atoms with E-state index in [9.17, 15) is 15.2 Å². The van der Waals surface area contributed by atoms with Gasteiger partial charge < -0.3 is 71.4 Å². The first-order valence-electron chi connectivity index (χ1n) is 20.3. The molecule has 2 aromatic carbocycles. The number of azo groups is 1.